The van der Waals surface area contributed by atoms with Crippen LogP contribution in [0.15, 0.2) is 0 Å². The second-order valence-corrected chi connectivity index (χ2v) is 0. The third-order valence-corrected chi connectivity index (χ3v) is 0. The Morgan fingerprint density at radius 1 is 1.20 bits per heavy atom. The molecule has 0 spiro atoms. The van der Waals surface area contributed by atoms with E-state index in [1.807, 2.05) is 0 Å². The monoisotopic (exact) mass is 503 g/mol. The fourth-order valence-electron chi connectivity index (χ4n) is 0. The molecule has 5 heteroatoms. The molecule has 0 atom stereocenters. The zero-order chi connectivity index (χ0) is 2.00. The fourth-order valence-corrected chi connectivity index (χ4v) is 0. The van der Waals surface area contributed by atoms with Crippen molar-refractivity contribution in [2.75, 3.05) is 0 Å². The van der Waals surface area contributed by atoms with Crippen molar-refractivity contribution in [3.8, 4) is 0 Å². The predicted octanol–water partition coefficient (Wildman–Crippen LogP) is -0.129. The molecule has 0 aliphatic rings. The summed E-state index contributed by atoms with van der Waals surface area (Å²) in [4.78, 5) is 0. The minimum atomic E-state index is 0. The molecule has 0 bridgehead atoms. The molecule has 0 unspecified atom stereocenters. The molecule has 0 amide bonds. The second kappa shape index (κ2) is 33.8. The van der Waals surface area contributed by atoms with E-state index in [0.29, 0.717) is 0 Å². The Morgan fingerprint density at radius 3 is 1.20 bits per heavy atom. The van der Waals surface area contributed by atoms with Gasteiger partial charge in [-0.05, 0) is 0 Å². The Balaban J connectivity index is -0.00000000167. The van der Waals surface area contributed by atoms with Crippen LogP contribution in [0.4, 0.5) is 0 Å². The summed E-state index contributed by atoms with van der Waals surface area (Å²) in [6, 6.07) is 0. The summed E-state index contributed by atoms with van der Waals surface area (Å²) in [5.74, 6) is 0. The van der Waals surface area contributed by atoms with Crippen LogP contribution in [0.3, 0.4) is 0 Å². The number of hydrogen-bond acceptors (Lipinski definition) is 1. The molecule has 0 aliphatic heterocycles. The smallest absolute Gasteiger partial charge is 0 e. The minimum Gasteiger partial charge on any atom is 0 e. The topological polar surface area (TPSA) is 17.1 Å². The molecule has 1 radical (unpaired) electrons. The van der Waals surface area contributed by atoms with E-state index in [4.69, 9.17) is 3.25 Å². The molecule has 0 aromatic heterocycles. The van der Waals surface area contributed by atoms with Crippen LogP contribution in [-0.4, -0.2) is 0 Å². The average Bonchev–Trinajstić information content (AvgIpc) is 1.00. The van der Waals surface area contributed by atoms with Gasteiger partial charge in [0.25, 0.3) is 0 Å². The van der Waals surface area contributed by atoms with Gasteiger partial charge in [-0.25, -0.2) is 0 Å². The van der Waals surface area contributed by atoms with Crippen molar-refractivity contribution in [1.29, 1.82) is 0 Å². The van der Waals surface area contributed by atoms with E-state index < -0.39 is 0 Å². The largest absolute Gasteiger partial charge is 0 e. The van der Waals surface area contributed by atoms with Gasteiger partial charge in [-0.3, -0.25) is 0 Å². The molecule has 5 heavy (non-hydrogen) atoms. The van der Waals surface area contributed by atoms with E-state index in [9.17, 15) is 0 Å². The number of rotatable bonds is 0. The Morgan fingerprint density at radius 2 is 1.20 bits per heavy atom. The van der Waals surface area contributed by atoms with E-state index >= 15 is 0 Å². The normalized spacial score (nSPS) is 0.600. The molecule has 0 aliphatic carbocycles. The van der Waals surface area contributed by atoms with Gasteiger partial charge >= 0.3 is 24.3 Å². The SMILES string of the molecule is [Co].[Cr].[O]=[Ta].[Pt]. The molecule has 0 heterocycles. The number of hydrogen-bond donors (Lipinski definition) is 0. The molecular formula is CoCrOPtTa. The molecule has 0 rings (SSSR count). The van der Waals surface area contributed by atoms with Crippen LogP contribution in [-0.2, 0) is 79.5 Å². The fraction of sp³-hybridized carbons (Fsp3) is 0. The molecule has 36 valence electrons. The van der Waals surface area contributed by atoms with E-state index in [1.54, 1.807) is 0 Å². The van der Waals surface area contributed by atoms with Gasteiger partial charge in [0, 0.05) is 55.2 Å². The van der Waals surface area contributed by atoms with E-state index in [0.717, 1.165) is 0 Å². The molecule has 0 saturated heterocycles. The maximum Gasteiger partial charge on any atom is 0 e. The average molecular weight is 503 g/mol. The molecule has 0 aromatic carbocycles. The van der Waals surface area contributed by atoms with Crippen molar-refractivity contribution in [3.63, 3.8) is 0 Å². The second-order valence-electron chi connectivity index (χ2n) is 0. The van der Waals surface area contributed by atoms with E-state index in [-0.39, 0.29) is 76.2 Å². The van der Waals surface area contributed by atoms with Crippen molar-refractivity contribution < 1.29 is 79.5 Å². The summed E-state index contributed by atoms with van der Waals surface area (Å²) < 4.78 is 8.36. The third-order valence-electron chi connectivity index (χ3n) is 0. The molecule has 0 fully saturated rings. The molecular weight excluding hydrogens is 503 g/mol. The molecule has 0 saturated carbocycles. The maximum atomic E-state index is 8.36. The van der Waals surface area contributed by atoms with Crippen LogP contribution in [0.5, 0.6) is 0 Å². The zero-order valence-corrected chi connectivity index (χ0v) is 9.71. The Labute approximate surface area is 78.5 Å². The predicted molar refractivity (Wildman–Crippen MR) is 0.686 cm³/mol. The van der Waals surface area contributed by atoms with Gasteiger partial charge in [-0.1, -0.05) is 0 Å². The van der Waals surface area contributed by atoms with Crippen LogP contribution in [0, 0.1) is 0 Å². The van der Waals surface area contributed by atoms with Crippen LogP contribution in [0.25, 0.3) is 0 Å². The molecule has 0 aromatic rings. The van der Waals surface area contributed by atoms with Crippen LogP contribution in [0.1, 0.15) is 0 Å². The first kappa shape index (κ1) is 26.7. The summed E-state index contributed by atoms with van der Waals surface area (Å²) in [5, 5.41) is 0. The summed E-state index contributed by atoms with van der Waals surface area (Å²) in [6.07, 6.45) is 0. The van der Waals surface area contributed by atoms with Crippen molar-refractivity contribution >= 4 is 0 Å². The summed E-state index contributed by atoms with van der Waals surface area (Å²) in [7, 11) is 0. The first-order chi connectivity index (χ1) is 1.00. The Kier molecular flexibility index (Phi) is 181. The van der Waals surface area contributed by atoms with Gasteiger partial charge in [0.2, 0.25) is 0 Å². The minimum absolute atomic E-state index is 0. The van der Waals surface area contributed by atoms with E-state index in [2.05, 4.69) is 0 Å². The van der Waals surface area contributed by atoms with Gasteiger partial charge in [0.05, 0.1) is 0 Å². The van der Waals surface area contributed by atoms with Crippen molar-refractivity contribution in [2.24, 2.45) is 0 Å². The van der Waals surface area contributed by atoms with Crippen molar-refractivity contribution in [1.82, 2.24) is 0 Å². The van der Waals surface area contributed by atoms with Crippen LogP contribution < -0.4 is 0 Å². The third kappa shape index (κ3) is 22.2. The standard InChI is InChI=1S/Co.Cr.O.Pt.Ta. The summed E-state index contributed by atoms with van der Waals surface area (Å²) in [6.45, 7) is 0. The quantitative estimate of drug-likeness (QED) is 0.451. The Bertz CT molecular complexity index is 11.6. The summed E-state index contributed by atoms with van der Waals surface area (Å²) >= 11 is 0.194. The van der Waals surface area contributed by atoms with Gasteiger partial charge in [0.15, 0.2) is 0 Å². The van der Waals surface area contributed by atoms with Gasteiger partial charge in [-0.15, -0.1) is 0 Å². The van der Waals surface area contributed by atoms with Gasteiger partial charge in [0.1, 0.15) is 0 Å². The zero-order valence-electron chi connectivity index (χ0n) is 1.91. The van der Waals surface area contributed by atoms with Crippen LogP contribution in [0.2, 0.25) is 0 Å². The van der Waals surface area contributed by atoms with E-state index in [1.165, 1.54) is 0 Å². The molecule has 1 nitrogen and oxygen atoms in total. The Hall–Kier alpha value is 2.27. The first-order valence-corrected chi connectivity index (χ1v) is 1.49. The van der Waals surface area contributed by atoms with Crippen LogP contribution >= 0.6 is 0 Å². The summed E-state index contributed by atoms with van der Waals surface area (Å²) in [5.41, 5.74) is 0. The van der Waals surface area contributed by atoms with Gasteiger partial charge in [-0.2, -0.15) is 0 Å². The van der Waals surface area contributed by atoms with Crippen molar-refractivity contribution in [3.05, 3.63) is 0 Å². The molecule has 0 N–H and O–H groups in total. The maximum absolute atomic E-state index is 8.36. The first-order valence-electron chi connectivity index (χ1n) is 0.183. The van der Waals surface area contributed by atoms with Gasteiger partial charge < -0.3 is 0 Å². The van der Waals surface area contributed by atoms with Crippen molar-refractivity contribution in [2.45, 2.75) is 0 Å².